The van der Waals surface area contributed by atoms with Crippen molar-refractivity contribution >= 4 is 12.3 Å². The minimum absolute atomic E-state index is 0.405. The SMILES string of the molecule is C=CN(C=O)C(=O)c1ccc(OC)cc1. The van der Waals surface area contributed by atoms with E-state index in [1.807, 2.05) is 0 Å². The third-order valence-electron chi connectivity index (χ3n) is 1.88. The summed E-state index contributed by atoms with van der Waals surface area (Å²) < 4.78 is 4.95. The summed E-state index contributed by atoms with van der Waals surface area (Å²) in [5, 5.41) is 0. The molecule has 15 heavy (non-hydrogen) atoms. The molecule has 4 nitrogen and oxygen atoms in total. The molecule has 1 aromatic rings. The number of nitrogens with zero attached hydrogens (tertiary/aromatic N) is 1. The molecule has 0 heterocycles. The first kappa shape index (κ1) is 11.0. The van der Waals surface area contributed by atoms with Crippen molar-refractivity contribution in [3.8, 4) is 5.75 Å². The molecule has 78 valence electrons. The normalized spacial score (nSPS) is 9.13. The molecule has 0 aliphatic carbocycles. The van der Waals surface area contributed by atoms with Crippen LogP contribution in [0.1, 0.15) is 10.4 Å². The molecular formula is C11H11NO3. The lowest BCUT2D eigenvalue weighted by molar-refractivity contribution is -0.114. The van der Waals surface area contributed by atoms with Crippen molar-refractivity contribution < 1.29 is 14.3 Å². The zero-order valence-corrected chi connectivity index (χ0v) is 8.34. The number of ether oxygens (including phenoxy) is 1. The number of carbonyl (C=O) groups excluding carboxylic acids is 2. The highest BCUT2D eigenvalue weighted by atomic mass is 16.5. The zero-order chi connectivity index (χ0) is 11.3. The van der Waals surface area contributed by atoms with Gasteiger partial charge in [-0.25, -0.2) is 0 Å². The van der Waals surface area contributed by atoms with E-state index in [-0.39, 0.29) is 0 Å². The Balaban J connectivity index is 2.91. The fraction of sp³-hybridized carbons (Fsp3) is 0.0909. The van der Waals surface area contributed by atoms with Crippen LogP contribution in [-0.4, -0.2) is 24.3 Å². The Bertz CT molecular complexity index is 362. The Morgan fingerprint density at radius 3 is 2.40 bits per heavy atom. The molecule has 0 saturated heterocycles. The Morgan fingerprint density at radius 2 is 2.00 bits per heavy atom. The quantitative estimate of drug-likeness (QED) is 0.699. The molecule has 0 radical (unpaired) electrons. The van der Waals surface area contributed by atoms with Crippen molar-refractivity contribution in [3.63, 3.8) is 0 Å². The van der Waals surface area contributed by atoms with E-state index in [9.17, 15) is 9.59 Å². The van der Waals surface area contributed by atoms with Gasteiger partial charge in [0, 0.05) is 11.8 Å². The molecule has 0 N–H and O–H groups in total. The summed E-state index contributed by atoms with van der Waals surface area (Å²) in [6, 6.07) is 6.47. The van der Waals surface area contributed by atoms with Crippen LogP contribution >= 0.6 is 0 Å². The van der Waals surface area contributed by atoms with Gasteiger partial charge in [0.2, 0.25) is 6.41 Å². The van der Waals surface area contributed by atoms with Crippen LogP contribution in [0.3, 0.4) is 0 Å². The average molecular weight is 205 g/mol. The van der Waals surface area contributed by atoms with Gasteiger partial charge < -0.3 is 4.74 Å². The van der Waals surface area contributed by atoms with Crippen LogP contribution in [-0.2, 0) is 4.79 Å². The molecule has 1 rings (SSSR count). The Kier molecular flexibility index (Phi) is 3.62. The maximum atomic E-state index is 11.6. The minimum atomic E-state index is -0.414. The zero-order valence-electron chi connectivity index (χ0n) is 8.34. The molecule has 0 spiro atoms. The molecule has 0 unspecified atom stereocenters. The summed E-state index contributed by atoms with van der Waals surface area (Å²) in [4.78, 5) is 22.9. The molecule has 0 aliphatic heterocycles. The van der Waals surface area contributed by atoms with Crippen molar-refractivity contribution in [1.82, 2.24) is 4.90 Å². The molecule has 1 aromatic carbocycles. The lowest BCUT2D eigenvalue weighted by Gasteiger charge is -2.09. The molecule has 0 atom stereocenters. The van der Waals surface area contributed by atoms with Crippen molar-refractivity contribution in [3.05, 3.63) is 42.6 Å². The second-order valence-electron chi connectivity index (χ2n) is 2.73. The maximum Gasteiger partial charge on any atom is 0.264 e. The highest BCUT2D eigenvalue weighted by Gasteiger charge is 2.11. The molecule has 4 heteroatoms. The lowest BCUT2D eigenvalue weighted by Crippen LogP contribution is -2.23. The highest BCUT2D eigenvalue weighted by Crippen LogP contribution is 2.12. The van der Waals surface area contributed by atoms with E-state index in [2.05, 4.69) is 6.58 Å². The van der Waals surface area contributed by atoms with Crippen molar-refractivity contribution in [2.45, 2.75) is 0 Å². The smallest absolute Gasteiger partial charge is 0.264 e. The van der Waals surface area contributed by atoms with Crippen molar-refractivity contribution in [2.75, 3.05) is 7.11 Å². The van der Waals surface area contributed by atoms with E-state index in [0.29, 0.717) is 17.7 Å². The molecule has 0 aliphatic rings. The molecule has 0 fully saturated rings. The monoisotopic (exact) mass is 205 g/mol. The third kappa shape index (κ3) is 2.43. The maximum absolute atomic E-state index is 11.6. The largest absolute Gasteiger partial charge is 0.497 e. The second kappa shape index (κ2) is 4.95. The topological polar surface area (TPSA) is 46.6 Å². The number of imide groups is 1. The van der Waals surface area contributed by atoms with Gasteiger partial charge in [0.15, 0.2) is 0 Å². The number of amides is 2. The van der Waals surface area contributed by atoms with Crippen molar-refractivity contribution in [2.24, 2.45) is 0 Å². The van der Waals surface area contributed by atoms with E-state index >= 15 is 0 Å². The standard InChI is InChI=1S/C11H11NO3/c1-3-12(8-13)11(14)9-4-6-10(15-2)7-5-9/h3-8H,1H2,2H3. The van der Waals surface area contributed by atoms with Gasteiger partial charge in [0.05, 0.1) is 7.11 Å². The molecular weight excluding hydrogens is 194 g/mol. The fourth-order valence-electron chi connectivity index (χ4n) is 1.06. The van der Waals surface area contributed by atoms with E-state index < -0.39 is 5.91 Å². The van der Waals surface area contributed by atoms with E-state index in [4.69, 9.17) is 4.74 Å². The number of benzene rings is 1. The van der Waals surface area contributed by atoms with Gasteiger partial charge in [-0.1, -0.05) is 6.58 Å². The van der Waals surface area contributed by atoms with Gasteiger partial charge in [-0.3, -0.25) is 14.5 Å². The third-order valence-corrected chi connectivity index (χ3v) is 1.88. The number of methoxy groups -OCH3 is 1. The first-order valence-corrected chi connectivity index (χ1v) is 4.27. The van der Waals surface area contributed by atoms with Gasteiger partial charge in [-0.15, -0.1) is 0 Å². The predicted molar refractivity (Wildman–Crippen MR) is 55.4 cm³/mol. The number of carbonyl (C=O) groups is 2. The second-order valence-corrected chi connectivity index (χ2v) is 2.73. The minimum Gasteiger partial charge on any atom is -0.497 e. The Labute approximate surface area is 87.8 Å². The number of hydrogen-bond donors (Lipinski definition) is 0. The van der Waals surface area contributed by atoms with Crippen LogP contribution < -0.4 is 4.74 Å². The van der Waals surface area contributed by atoms with Gasteiger partial charge >= 0.3 is 0 Å². The van der Waals surface area contributed by atoms with Crippen molar-refractivity contribution in [1.29, 1.82) is 0 Å². The predicted octanol–water partition coefficient (Wildman–Crippen LogP) is 1.44. The molecule has 2 amide bonds. The van der Waals surface area contributed by atoms with Crippen LogP contribution in [0.4, 0.5) is 0 Å². The first-order valence-electron chi connectivity index (χ1n) is 4.27. The van der Waals surface area contributed by atoms with Crippen LogP contribution in [0.25, 0.3) is 0 Å². The van der Waals surface area contributed by atoms with Crippen LogP contribution in [0.2, 0.25) is 0 Å². The van der Waals surface area contributed by atoms with E-state index in [0.717, 1.165) is 4.90 Å². The fourth-order valence-corrected chi connectivity index (χ4v) is 1.06. The van der Waals surface area contributed by atoms with E-state index in [1.54, 1.807) is 24.3 Å². The highest BCUT2D eigenvalue weighted by molar-refractivity contribution is 6.00. The van der Waals surface area contributed by atoms with Crippen LogP contribution in [0.15, 0.2) is 37.0 Å². The first-order chi connectivity index (χ1) is 7.22. The summed E-state index contributed by atoms with van der Waals surface area (Å²) >= 11 is 0. The summed E-state index contributed by atoms with van der Waals surface area (Å²) in [5.41, 5.74) is 0.405. The molecule has 0 aromatic heterocycles. The van der Waals surface area contributed by atoms with Crippen LogP contribution in [0.5, 0.6) is 5.75 Å². The van der Waals surface area contributed by atoms with Gasteiger partial charge in [0.25, 0.3) is 5.91 Å². The van der Waals surface area contributed by atoms with Gasteiger partial charge in [-0.2, -0.15) is 0 Å². The summed E-state index contributed by atoms with van der Waals surface area (Å²) in [7, 11) is 1.54. The van der Waals surface area contributed by atoms with Gasteiger partial charge in [-0.05, 0) is 24.3 Å². The summed E-state index contributed by atoms with van der Waals surface area (Å²) in [6.07, 6.45) is 1.58. The summed E-state index contributed by atoms with van der Waals surface area (Å²) in [6.45, 7) is 3.36. The molecule has 0 bridgehead atoms. The Morgan fingerprint density at radius 1 is 1.40 bits per heavy atom. The van der Waals surface area contributed by atoms with Crippen LogP contribution in [0, 0.1) is 0 Å². The lowest BCUT2D eigenvalue weighted by atomic mass is 10.2. The Hall–Kier alpha value is -2.10. The average Bonchev–Trinajstić information content (AvgIpc) is 2.30. The number of rotatable bonds is 4. The molecule has 0 saturated carbocycles. The van der Waals surface area contributed by atoms with Gasteiger partial charge in [0.1, 0.15) is 5.75 Å². The summed E-state index contributed by atoms with van der Waals surface area (Å²) in [5.74, 6) is 0.241. The van der Waals surface area contributed by atoms with E-state index in [1.165, 1.54) is 13.3 Å². The number of hydrogen-bond acceptors (Lipinski definition) is 3.